The molecule has 19 heavy (non-hydrogen) atoms. The number of hydrogen-bond acceptors (Lipinski definition) is 2. The number of rotatable bonds is 2. The van der Waals surface area contributed by atoms with Gasteiger partial charge in [-0.3, -0.25) is 4.79 Å². The minimum Gasteiger partial charge on any atom is -0.390 e. The summed E-state index contributed by atoms with van der Waals surface area (Å²) in [5.41, 5.74) is 1.29. The smallest absolute Gasteiger partial charge is 0.229 e. The molecule has 1 saturated carbocycles. The second-order valence-corrected chi connectivity index (χ2v) is 7.12. The number of halogens is 2. The highest BCUT2D eigenvalue weighted by atomic mass is 35.5. The van der Waals surface area contributed by atoms with Crippen molar-refractivity contribution in [3.8, 4) is 0 Å². The highest BCUT2D eigenvalue weighted by Crippen LogP contribution is 2.64. The molecule has 0 heterocycles. The summed E-state index contributed by atoms with van der Waals surface area (Å²) in [6.07, 6.45) is 0.410. The number of nitrogens with one attached hydrogen (secondary N) is 1. The molecule has 0 spiro atoms. The average molecular weight is 300 g/mol. The zero-order chi connectivity index (χ0) is 13.8. The molecule has 3 rings (SSSR count). The Kier molecular flexibility index (Phi) is 2.86. The van der Waals surface area contributed by atoms with E-state index >= 15 is 0 Å². The van der Waals surface area contributed by atoms with Crippen LogP contribution in [0.3, 0.4) is 0 Å². The van der Waals surface area contributed by atoms with Crippen LogP contribution < -0.4 is 5.32 Å². The van der Waals surface area contributed by atoms with Gasteiger partial charge in [0.1, 0.15) is 4.33 Å². The van der Waals surface area contributed by atoms with Crippen LogP contribution in [-0.4, -0.2) is 21.5 Å². The molecule has 0 bridgehead atoms. The van der Waals surface area contributed by atoms with Gasteiger partial charge >= 0.3 is 0 Å². The summed E-state index contributed by atoms with van der Waals surface area (Å²) in [5, 5.41) is 13.0. The lowest BCUT2D eigenvalue weighted by atomic mass is 10.0. The van der Waals surface area contributed by atoms with Gasteiger partial charge < -0.3 is 10.4 Å². The van der Waals surface area contributed by atoms with Crippen molar-refractivity contribution in [3.05, 3.63) is 35.4 Å². The van der Waals surface area contributed by atoms with Crippen LogP contribution in [0.15, 0.2) is 24.3 Å². The van der Waals surface area contributed by atoms with Crippen molar-refractivity contribution in [2.75, 3.05) is 0 Å². The Hall–Kier alpha value is -0.770. The van der Waals surface area contributed by atoms with Crippen LogP contribution in [0.4, 0.5) is 0 Å². The van der Waals surface area contributed by atoms with E-state index in [1.54, 1.807) is 6.92 Å². The van der Waals surface area contributed by atoms with Crippen molar-refractivity contribution in [3.63, 3.8) is 0 Å². The summed E-state index contributed by atoms with van der Waals surface area (Å²) >= 11 is 12.0. The van der Waals surface area contributed by atoms with E-state index < -0.39 is 15.9 Å². The maximum Gasteiger partial charge on any atom is 0.229 e. The highest BCUT2D eigenvalue weighted by molar-refractivity contribution is 6.53. The topological polar surface area (TPSA) is 49.3 Å². The Morgan fingerprint density at radius 2 is 2.05 bits per heavy atom. The third-order valence-corrected chi connectivity index (χ3v) is 5.35. The molecule has 3 nitrogen and oxygen atoms in total. The lowest BCUT2D eigenvalue weighted by molar-refractivity contribution is -0.127. The fraction of sp³-hybridized carbons (Fsp3) is 0.500. The Balaban J connectivity index is 1.80. The summed E-state index contributed by atoms with van der Waals surface area (Å²) in [4.78, 5) is 12.3. The number of carbonyl (C=O) groups excluding carboxylic acids is 1. The third kappa shape index (κ3) is 1.95. The number of amides is 1. The molecule has 0 unspecified atom stereocenters. The Labute approximate surface area is 121 Å². The SMILES string of the molecule is C[C@]1(C(=O)N[C@H]2c3ccccc3C[C@H]2O)CC1(Cl)Cl. The van der Waals surface area contributed by atoms with Gasteiger partial charge in [-0.2, -0.15) is 0 Å². The number of benzene rings is 1. The van der Waals surface area contributed by atoms with E-state index in [4.69, 9.17) is 23.2 Å². The maximum atomic E-state index is 12.3. The summed E-state index contributed by atoms with van der Waals surface area (Å²) < 4.78 is -0.986. The summed E-state index contributed by atoms with van der Waals surface area (Å²) in [5.74, 6) is -0.196. The van der Waals surface area contributed by atoms with Crippen LogP contribution in [0.2, 0.25) is 0 Å². The van der Waals surface area contributed by atoms with Crippen molar-refractivity contribution in [1.82, 2.24) is 5.32 Å². The van der Waals surface area contributed by atoms with Crippen molar-refractivity contribution in [1.29, 1.82) is 0 Å². The second kappa shape index (κ2) is 4.11. The van der Waals surface area contributed by atoms with Gasteiger partial charge in [0.2, 0.25) is 5.91 Å². The molecule has 2 aliphatic carbocycles. The molecule has 1 amide bonds. The molecule has 2 aliphatic rings. The standard InChI is InChI=1S/C14H15Cl2NO2/c1-13(7-14(13,15)16)12(19)17-11-9-5-3-2-4-8(9)6-10(11)18/h2-5,10-11,18H,6-7H2,1H3,(H,17,19)/t10-,11+,13-/m1/s1. The van der Waals surface area contributed by atoms with Crippen LogP contribution in [0.1, 0.15) is 30.5 Å². The minimum absolute atomic E-state index is 0.196. The quantitative estimate of drug-likeness (QED) is 0.824. The van der Waals surface area contributed by atoms with E-state index in [1.807, 2.05) is 24.3 Å². The number of carbonyl (C=O) groups is 1. The van der Waals surface area contributed by atoms with Gasteiger partial charge in [0.25, 0.3) is 0 Å². The van der Waals surface area contributed by atoms with Gasteiger partial charge in [0.15, 0.2) is 0 Å². The van der Waals surface area contributed by atoms with Gasteiger partial charge in [-0.05, 0) is 24.5 Å². The number of alkyl halides is 2. The van der Waals surface area contributed by atoms with E-state index in [0.29, 0.717) is 12.8 Å². The summed E-state index contributed by atoms with van der Waals surface area (Å²) in [7, 11) is 0. The molecule has 0 aromatic heterocycles. The van der Waals surface area contributed by atoms with Crippen molar-refractivity contribution >= 4 is 29.1 Å². The Morgan fingerprint density at radius 3 is 2.68 bits per heavy atom. The predicted octanol–water partition coefficient (Wildman–Crippen LogP) is 2.34. The van der Waals surface area contributed by atoms with Crippen molar-refractivity contribution in [2.24, 2.45) is 5.41 Å². The summed E-state index contributed by atoms with van der Waals surface area (Å²) in [6, 6.07) is 7.37. The first-order valence-electron chi connectivity index (χ1n) is 6.30. The molecule has 0 saturated heterocycles. The third-order valence-electron chi connectivity index (χ3n) is 4.25. The number of fused-ring (bicyclic) bond motifs is 1. The Bertz CT molecular complexity index is 546. The number of aliphatic hydroxyl groups excluding tert-OH is 1. The molecule has 2 N–H and O–H groups in total. The molecule has 5 heteroatoms. The van der Waals surface area contributed by atoms with Gasteiger partial charge in [-0.15, -0.1) is 23.2 Å². The first-order valence-corrected chi connectivity index (χ1v) is 7.05. The van der Waals surface area contributed by atoms with Crippen molar-refractivity contribution < 1.29 is 9.90 Å². The molecule has 1 fully saturated rings. The van der Waals surface area contributed by atoms with Gasteiger partial charge in [0.05, 0.1) is 17.6 Å². The monoisotopic (exact) mass is 299 g/mol. The molecule has 1 aromatic carbocycles. The Morgan fingerprint density at radius 1 is 1.42 bits per heavy atom. The average Bonchev–Trinajstić information content (AvgIpc) is 2.72. The van der Waals surface area contributed by atoms with E-state index in [9.17, 15) is 9.90 Å². The second-order valence-electron chi connectivity index (χ2n) is 5.63. The fourth-order valence-electron chi connectivity index (χ4n) is 2.69. The van der Waals surface area contributed by atoms with Gasteiger partial charge in [0, 0.05) is 6.42 Å². The molecule has 1 aromatic rings. The molecule has 0 radical (unpaired) electrons. The minimum atomic E-state index is -0.986. The molecule has 102 valence electrons. The number of aliphatic hydroxyl groups is 1. The fourth-order valence-corrected chi connectivity index (χ4v) is 3.40. The van der Waals surface area contributed by atoms with E-state index in [-0.39, 0.29) is 11.9 Å². The van der Waals surface area contributed by atoms with E-state index in [1.165, 1.54) is 0 Å². The molecular formula is C14H15Cl2NO2. The van der Waals surface area contributed by atoms with Gasteiger partial charge in [-0.25, -0.2) is 0 Å². The summed E-state index contributed by atoms with van der Waals surface area (Å²) in [6.45, 7) is 1.75. The lowest BCUT2D eigenvalue weighted by Crippen LogP contribution is -2.39. The van der Waals surface area contributed by atoms with E-state index in [0.717, 1.165) is 11.1 Å². The lowest BCUT2D eigenvalue weighted by Gasteiger charge is -2.21. The zero-order valence-corrected chi connectivity index (χ0v) is 12.0. The highest BCUT2D eigenvalue weighted by Gasteiger charge is 2.68. The van der Waals surface area contributed by atoms with Crippen LogP contribution in [0.5, 0.6) is 0 Å². The van der Waals surface area contributed by atoms with Crippen LogP contribution in [0, 0.1) is 5.41 Å². The largest absolute Gasteiger partial charge is 0.390 e. The van der Waals surface area contributed by atoms with Crippen LogP contribution in [0.25, 0.3) is 0 Å². The number of hydrogen-bond donors (Lipinski definition) is 2. The van der Waals surface area contributed by atoms with Crippen LogP contribution in [-0.2, 0) is 11.2 Å². The van der Waals surface area contributed by atoms with Gasteiger partial charge in [-0.1, -0.05) is 24.3 Å². The van der Waals surface area contributed by atoms with Crippen LogP contribution >= 0.6 is 23.2 Å². The molecular weight excluding hydrogens is 285 g/mol. The predicted molar refractivity (Wildman–Crippen MR) is 74.2 cm³/mol. The normalized spacial score (nSPS) is 34.7. The zero-order valence-electron chi connectivity index (χ0n) is 10.5. The first-order chi connectivity index (χ1) is 8.85. The first kappa shape index (κ1) is 13.2. The van der Waals surface area contributed by atoms with E-state index in [2.05, 4.69) is 5.32 Å². The molecule has 3 atom stereocenters. The maximum absolute atomic E-state index is 12.3. The molecule has 0 aliphatic heterocycles. The van der Waals surface area contributed by atoms with Crippen molar-refractivity contribution in [2.45, 2.75) is 36.2 Å².